The third-order valence-electron chi connectivity index (χ3n) is 0.244. The van der Waals surface area contributed by atoms with E-state index in [2.05, 4.69) is 19.7 Å². The average molecular weight is 80.9 g/mol. The van der Waals surface area contributed by atoms with Gasteiger partial charge in [0.25, 0.3) is 0 Å². The lowest BCUT2D eigenvalue weighted by molar-refractivity contribution is 0.262. The van der Waals surface area contributed by atoms with Gasteiger partial charge in [-0.2, -0.15) is 0 Å². The van der Waals surface area contributed by atoms with Crippen LogP contribution in [0.25, 0.3) is 0 Å². The van der Waals surface area contributed by atoms with Gasteiger partial charge in [-0.25, -0.2) is 0 Å². The van der Waals surface area contributed by atoms with Crippen molar-refractivity contribution in [2.24, 2.45) is 0 Å². The van der Waals surface area contributed by atoms with Crippen LogP contribution in [0.2, 0.25) is 0 Å². The Balaban J connectivity index is 3.05. The summed E-state index contributed by atoms with van der Waals surface area (Å²) in [6.07, 6.45) is 1.22. The Morgan fingerprint density at radius 3 is 2.50 bits per heavy atom. The molecule has 0 aromatic carbocycles. The van der Waals surface area contributed by atoms with E-state index in [9.17, 15) is 4.79 Å². The molecular formula is C3H4BNO. The summed E-state index contributed by atoms with van der Waals surface area (Å²) in [5, 5.41) is 2.11. The number of hydrogen-bond acceptors (Lipinski definition) is 1. The van der Waals surface area contributed by atoms with Gasteiger partial charge in [-0.3, -0.25) is 4.79 Å². The molecule has 0 unspecified atom stereocenters. The van der Waals surface area contributed by atoms with Gasteiger partial charge in [-0.1, -0.05) is 6.58 Å². The number of carbonyl (C=O) groups excluding carboxylic acids is 1. The molecule has 1 amide bonds. The fourth-order valence-electron chi connectivity index (χ4n) is 0.101. The van der Waals surface area contributed by atoms with E-state index in [1.54, 1.807) is 0 Å². The monoisotopic (exact) mass is 81.0 g/mol. The molecule has 0 bridgehead atoms. The molecular weight excluding hydrogens is 76.9 g/mol. The molecule has 0 aliphatic rings. The van der Waals surface area contributed by atoms with Crippen LogP contribution in [0.3, 0.4) is 0 Å². The molecule has 0 saturated heterocycles. The van der Waals surface area contributed by atoms with E-state index >= 15 is 0 Å². The highest BCUT2D eigenvalue weighted by molar-refractivity contribution is 6.57. The molecule has 0 spiro atoms. The van der Waals surface area contributed by atoms with Crippen molar-refractivity contribution >= 4 is 13.7 Å². The molecule has 6 heavy (non-hydrogen) atoms. The Morgan fingerprint density at radius 2 is 2.50 bits per heavy atom. The van der Waals surface area contributed by atoms with Crippen LogP contribution in [0, 0.1) is 0 Å². The first-order valence-corrected chi connectivity index (χ1v) is 1.44. The number of amides is 1. The predicted octanol–water partition coefficient (Wildman–Crippen LogP) is 0.00800. The van der Waals surface area contributed by atoms with Crippen molar-refractivity contribution in [2.45, 2.75) is 0 Å². The highest BCUT2D eigenvalue weighted by Gasteiger charge is 1.75. The first kappa shape index (κ1) is 5.27. The van der Waals surface area contributed by atoms with Crippen LogP contribution in [0.4, 0.5) is 4.79 Å². The van der Waals surface area contributed by atoms with Crippen molar-refractivity contribution in [1.29, 1.82) is 0 Å². The van der Waals surface area contributed by atoms with E-state index in [1.165, 1.54) is 6.20 Å². The molecule has 1 N–H and O–H groups in total. The van der Waals surface area contributed by atoms with Crippen molar-refractivity contribution in [3.8, 4) is 0 Å². The van der Waals surface area contributed by atoms with Gasteiger partial charge in [0.05, 0.1) is 0 Å². The standard InChI is InChI=1S/C3H4BNO/c1-2-5-3(4)6/h2H,1H2,(H,5,6). The summed E-state index contributed by atoms with van der Waals surface area (Å²) in [6.45, 7) is 3.19. The molecule has 0 fully saturated rings. The smallest absolute Gasteiger partial charge is 0.200 e. The second-order valence-electron chi connectivity index (χ2n) is 0.713. The predicted molar refractivity (Wildman–Crippen MR) is 24.5 cm³/mol. The lowest BCUT2D eigenvalue weighted by Crippen LogP contribution is -2.12. The molecule has 0 atom stereocenters. The molecule has 30 valence electrons. The number of rotatable bonds is 1. The molecule has 0 aromatic rings. The van der Waals surface area contributed by atoms with Gasteiger partial charge in [0.1, 0.15) is 0 Å². The zero-order chi connectivity index (χ0) is 4.99. The summed E-state index contributed by atoms with van der Waals surface area (Å²) in [4.78, 5) is 9.64. The van der Waals surface area contributed by atoms with Crippen LogP contribution >= 0.6 is 0 Å². The summed E-state index contributed by atoms with van der Waals surface area (Å²) in [5.74, 6) is -0.579. The minimum Gasteiger partial charge on any atom is -0.343 e. The highest BCUT2D eigenvalue weighted by atomic mass is 16.1. The maximum Gasteiger partial charge on any atom is 0.200 e. The SMILES string of the molecule is [B]C(=O)NC=C. The van der Waals surface area contributed by atoms with E-state index in [-0.39, 0.29) is 0 Å². The number of carbonyl (C=O) groups is 1. The molecule has 0 heterocycles. The minimum atomic E-state index is -0.579. The molecule has 2 nitrogen and oxygen atoms in total. The van der Waals surface area contributed by atoms with Crippen LogP contribution in [-0.2, 0) is 0 Å². The lowest BCUT2D eigenvalue weighted by Gasteiger charge is -1.84. The molecule has 0 saturated carbocycles. The van der Waals surface area contributed by atoms with Gasteiger partial charge in [0.15, 0.2) is 5.81 Å². The summed E-state index contributed by atoms with van der Waals surface area (Å²) in [5.41, 5.74) is 0. The lowest BCUT2D eigenvalue weighted by atomic mass is 10.1. The second-order valence-corrected chi connectivity index (χ2v) is 0.713. The number of nitrogens with one attached hydrogen (secondary N) is 1. The Hall–Kier alpha value is -0.725. The van der Waals surface area contributed by atoms with Crippen LogP contribution in [-0.4, -0.2) is 13.7 Å². The van der Waals surface area contributed by atoms with Crippen molar-refractivity contribution < 1.29 is 4.79 Å². The quantitative estimate of drug-likeness (QED) is 0.442. The number of hydrogen-bond donors (Lipinski definition) is 1. The maximum absolute atomic E-state index is 9.64. The van der Waals surface area contributed by atoms with Crippen LogP contribution in [0.5, 0.6) is 0 Å². The normalized spacial score (nSPS) is 6.67. The molecule has 0 aliphatic heterocycles. The third kappa shape index (κ3) is 3.27. The first-order valence-electron chi connectivity index (χ1n) is 1.44. The van der Waals surface area contributed by atoms with Crippen LogP contribution < -0.4 is 5.32 Å². The maximum atomic E-state index is 9.64. The zero-order valence-corrected chi connectivity index (χ0v) is 3.27. The van der Waals surface area contributed by atoms with E-state index in [1.807, 2.05) is 0 Å². The molecule has 3 heteroatoms. The Bertz CT molecular complexity index is 71.2. The van der Waals surface area contributed by atoms with E-state index in [0.717, 1.165) is 0 Å². The zero-order valence-electron chi connectivity index (χ0n) is 3.27. The van der Waals surface area contributed by atoms with Crippen molar-refractivity contribution in [3.05, 3.63) is 12.8 Å². The van der Waals surface area contributed by atoms with Gasteiger partial charge < -0.3 is 5.32 Å². The fourth-order valence-corrected chi connectivity index (χ4v) is 0.101. The van der Waals surface area contributed by atoms with E-state index in [4.69, 9.17) is 0 Å². The third-order valence-corrected chi connectivity index (χ3v) is 0.244. The Morgan fingerprint density at radius 1 is 2.00 bits per heavy atom. The average Bonchev–Trinajstić information content (AvgIpc) is 1.35. The van der Waals surface area contributed by atoms with Gasteiger partial charge in [0, 0.05) is 0 Å². The van der Waals surface area contributed by atoms with Crippen molar-refractivity contribution in [1.82, 2.24) is 5.32 Å². The molecule has 0 rings (SSSR count). The minimum absolute atomic E-state index is 0.579. The summed E-state index contributed by atoms with van der Waals surface area (Å²) < 4.78 is 0. The Kier molecular flexibility index (Phi) is 2.21. The van der Waals surface area contributed by atoms with Gasteiger partial charge in [0.2, 0.25) is 7.85 Å². The topological polar surface area (TPSA) is 29.1 Å². The van der Waals surface area contributed by atoms with Crippen molar-refractivity contribution in [3.63, 3.8) is 0 Å². The van der Waals surface area contributed by atoms with E-state index < -0.39 is 5.81 Å². The first-order chi connectivity index (χ1) is 2.77. The fraction of sp³-hybridized carbons (Fsp3) is 0. The van der Waals surface area contributed by atoms with Crippen LogP contribution in [0.1, 0.15) is 0 Å². The summed E-state index contributed by atoms with van der Waals surface area (Å²) in [7, 11) is 4.58. The summed E-state index contributed by atoms with van der Waals surface area (Å²) >= 11 is 0. The Labute approximate surface area is 37.6 Å². The van der Waals surface area contributed by atoms with E-state index in [0.29, 0.717) is 0 Å². The molecule has 0 aromatic heterocycles. The summed E-state index contributed by atoms with van der Waals surface area (Å²) in [6, 6.07) is 0. The highest BCUT2D eigenvalue weighted by Crippen LogP contribution is 1.53. The molecule has 2 radical (unpaired) electrons. The second kappa shape index (κ2) is 2.51. The van der Waals surface area contributed by atoms with Gasteiger partial charge in [-0.05, 0) is 6.20 Å². The largest absolute Gasteiger partial charge is 0.343 e. The van der Waals surface area contributed by atoms with Crippen molar-refractivity contribution in [2.75, 3.05) is 0 Å². The van der Waals surface area contributed by atoms with Crippen LogP contribution in [0.15, 0.2) is 12.8 Å². The van der Waals surface area contributed by atoms with Gasteiger partial charge >= 0.3 is 0 Å². The van der Waals surface area contributed by atoms with Gasteiger partial charge in [-0.15, -0.1) is 0 Å². The molecule has 0 aliphatic carbocycles.